The summed E-state index contributed by atoms with van der Waals surface area (Å²) in [4.78, 5) is 16.8. The van der Waals surface area contributed by atoms with E-state index < -0.39 is 0 Å². The molecular formula is C19H17FIN3O. The maximum absolute atomic E-state index is 13.3. The van der Waals surface area contributed by atoms with Crippen LogP contribution >= 0.6 is 22.6 Å². The largest absolute Gasteiger partial charge is 0.370 e. The molecule has 1 aliphatic rings. The molecule has 1 saturated heterocycles. The van der Waals surface area contributed by atoms with Gasteiger partial charge in [0.25, 0.3) is 5.91 Å². The van der Waals surface area contributed by atoms with E-state index in [2.05, 4.69) is 11.0 Å². The molecule has 1 aliphatic heterocycles. The fraction of sp³-hybridized carbons (Fsp3) is 0.263. The minimum atomic E-state index is -0.330. The van der Waals surface area contributed by atoms with Crippen LogP contribution < -0.4 is 4.90 Å². The Hall–Kier alpha value is -2.14. The minimum absolute atomic E-state index is 0.0499. The van der Waals surface area contributed by atoms with Gasteiger partial charge in [-0.25, -0.2) is 4.39 Å². The molecule has 0 spiro atoms. The van der Waals surface area contributed by atoms with Crippen molar-refractivity contribution < 1.29 is 9.18 Å². The number of nitriles is 1. The molecule has 1 fully saturated rings. The van der Waals surface area contributed by atoms with E-state index >= 15 is 0 Å². The Bertz CT molecular complexity index is 816. The van der Waals surface area contributed by atoms with E-state index in [9.17, 15) is 9.18 Å². The zero-order valence-corrected chi connectivity index (χ0v) is 15.7. The number of rotatable bonds is 2. The van der Waals surface area contributed by atoms with Crippen LogP contribution in [-0.2, 0) is 0 Å². The van der Waals surface area contributed by atoms with E-state index in [0.717, 1.165) is 25.2 Å². The zero-order chi connectivity index (χ0) is 17.8. The van der Waals surface area contributed by atoms with Crippen molar-refractivity contribution in [1.82, 2.24) is 4.90 Å². The molecule has 4 nitrogen and oxygen atoms in total. The normalized spacial score (nSPS) is 14.8. The number of carbonyl (C=O) groups excluding carboxylic acids is 1. The van der Waals surface area contributed by atoms with Crippen molar-refractivity contribution in [3.05, 3.63) is 63.0 Å². The lowest BCUT2D eigenvalue weighted by atomic mass is 10.2. The number of amides is 1. The van der Waals surface area contributed by atoms with Crippen LogP contribution in [0.25, 0.3) is 0 Å². The molecule has 0 N–H and O–H groups in total. The second kappa shape index (κ2) is 7.83. The highest BCUT2D eigenvalue weighted by atomic mass is 127. The third kappa shape index (κ3) is 4.10. The summed E-state index contributed by atoms with van der Waals surface area (Å²) in [6.45, 7) is 2.89. The topological polar surface area (TPSA) is 47.3 Å². The molecule has 6 heteroatoms. The standard InChI is InChI=1S/C19H17FIN3O/c20-15-4-7-17(18(21)12-15)19(25)24-9-1-8-23(10-11-24)16-5-2-14(13-22)3-6-16/h2-7,12H,1,8-11H2. The van der Waals surface area contributed by atoms with Gasteiger partial charge in [0.1, 0.15) is 5.82 Å². The van der Waals surface area contributed by atoms with Gasteiger partial charge in [-0.3, -0.25) is 4.79 Å². The first-order valence-corrected chi connectivity index (χ1v) is 9.16. The summed E-state index contributed by atoms with van der Waals surface area (Å²) in [5.41, 5.74) is 2.25. The number of hydrogen-bond donors (Lipinski definition) is 0. The first kappa shape index (κ1) is 17.7. The highest BCUT2D eigenvalue weighted by Gasteiger charge is 2.22. The van der Waals surface area contributed by atoms with Crippen LogP contribution in [0.1, 0.15) is 22.3 Å². The monoisotopic (exact) mass is 449 g/mol. The summed E-state index contributed by atoms with van der Waals surface area (Å²) >= 11 is 2.00. The van der Waals surface area contributed by atoms with Crippen molar-refractivity contribution in [1.29, 1.82) is 5.26 Å². The second-order valence-corrected chi connectivity index (χ2v) is 7.08. The molecule has 128 valence electrons. The van der Waals surface area contributed by atoms with E-state index in [0.29, 0.717) is 27.8 Å². The molecule has 2 aromatic rings. The van der Waals surface area contributed by atoms with Crippen LogP contribution in [0.15, 0.2) is 42.5 Å². The average Bonchev–Trinajstić information content (AvgIpc) is 2.87. The molecule has 0 aromatic heterocycles. The minimum Gasteiger partial charge on any atom is -0.370 e. The molecule has 0 bridgehead atoms. The number of carbonyl (C=O) groups is 1. The summed E-state index contributed by atoms with van der Waals surface area (Å²) in [6, 6.07) is 13.9. The predicted molar refractivity (Wildman–Crippen MR) is 103 cm³/mol. The highest BCUT2D eigenvalue weighted by Crippen LogP contribution is 2.20. The average molecular weight is 449 g/mol. The van der Waals surface area contributed by atoms with Gasteiger partial charge in [0, 0.05) is 35.4 Å². The van der Waals surface area contributed by atoms with Crippen LogP contribution in [-0.4, -0.2) is 37.0 Å². The van der Waals surface area contributed by atoms with Crippen molar-refractivity contribution in [2.75, 3.05) is 31.1 Å². The Kier molecular flexibility index (Phi) is 5.53. The van der Waals surface area contributed by atoms with Gasteiger partial charge in [0.2, 0.25) is 0 Å². The van der Waals surface area contributed by atoms with Crippen molar-refractivity contribution in [2.45, 2.75) is 6.42 Å². The number of nitrogens with zero attached hydrogens (tertiary/aromatic N) is 3. The van der Waals surface area contributed by atoms with E-state index in [-0.39, 0.29) is 11.7 Å². The molecule has 25 heavy (non-hydrogen) atoms. The van der Waals surface area contributed by atoms with Crippen LogP contribution in [0.3, 0.4) is 0 Å². The summed E-state index contributed by atoms with van der Waals surface area (Å²) < 4.78 is 13.9. The molecule has 0 radical (unpaired) electrons. The number of anilines is 1. The third-order valence-corrected chi connectivity index (χ3v) is 5.20. The molecular weight excluding hydrogens is 432 g/mol. The van der Waals surface area contributed by atoms with E-state index in [4.69, 9.17) is 5.26 Å². The third-order valence-electron chi connectivity index (χ3n) is 4.31. The lowest BCUT2D eigenvalue weighted by molar-refractivity contribution is 0.0766. The summed E-state index contributed by atoms with van der Waals surface area (Å²) in [5, 5.41) is 8.90. The molecule has 1 heterocycles. The molecule has 0 aliphatic carbocycles. The van der Waals surface area contributed by atoms with Gasteiger partial charge in [-0.1, -0.05) is 0 Å². The highest BCUT2D eigenvalue weighted by molar-refractivity contribution is 14.1. The van der Waals surface area contributed by atoms with Crippen molar-refractivity contribution in [3.8, 4) is 6.07 Å². The molecule has 3 rings (SSSR count). The van der Waals surface area contributed by atoms with Gasteiger partial charge in [-0.05, 0) is 71.5 Å². The summed E-state index contributed by atoms with van der Waals surface area (Å²) in [5.74, 6) is -0.380. The molecule has 0 unspecified atom stereocenters. The number of hydrogen-bond acceptors (Lipinski definition) is 3. The lowest BCUT2D eigenvalue weighted by Gasteiger charge is -2.24. The Morgan fingerprint density at radius 1 is 1.08 bits per heavy atom. The summed E-state index contributed by atoms with van der Waals surface area (Å²) in [7, 11) is 0. The SMILES string of the molecule is N#Cc1ccc(N2CCCN(C(=O)c3ccc(F)cc3I)CC2)cc1. The van der Waals surface area contributed by atoms with Gasteiger partial charge >= 0.3 is 0 Å². The fourth-order valence-electron chi connectivity index (χ4n) is 2.96. The van der Waals surface area contributed by atoms with Crippen LogP contribution in [0, 0.1) is 20.7 Å². The number of halogens is 2. The maximum Gasteiger partial charge on any atom is 0.254 e. The predicted octanol–water partition coefficient (Wildman–Crippen LogP) is 3.65. The Morgan fingerprint density at radius 2 is 1.84 bits per heavy atom. The lowest BCUT2D eigenvalue weighted by Crippen LogP contribution is -2.35. The second-order valence-electron chi connectivity index (χ2n) is 5.92. The quantitative estimate of drug-likeness (QED) is 0.658. The Morgan fingerprint density at radius 3 is 2.52 bits per heavy atom. The van der Waals surface area contributed by atoms with Crippen molar-refractivity contribution >= 4 is 34.2 Å². The van der Waals surface area contributed by atoms with E-state index in [1.54, 1.807) is 6.07 Å². The molecule has 2 aromatic carbocycles. The zero-order valence-electron chi connectivity index (χ0n) is 13.6. The van der Waals surface area contributed by atoms with Crippen LogP contribution in [0.5, 0.6) is 0 Å². The smallest absolute Gasteiger partial charge is 0.254 e. The van der Waals surface area contributed by atoms with Crippen LogP contribution in [0.2, 0.25) is 0 Å². The maximum atomic E-state index is 13.3. The van der Waals surface area contributed by atoms with Gasteiger partial charge in [-0.2, -0.15) is 5.26 Å². The van der Waals surface area contributed by atoms with Crippen molar-refractivity contribution in [3.63, 3.8) is 0 Å². The van der Waals surface area contributed by atoms with Gasteiger partial charge in [-0.15, -0.1) is 0 Å². The first-order chi connectivity index (χ1) is 12.1. The van der Waals surface area contributed by atoms with Gasteiger partial charge < -0.3 is 9.80 Å². The van der Waals surface area contributed by atoms with E-state index in [1.165, 1.54) is 12.1 Å². The Balaban J connectivity index is 1.70. The fourth-order valence-corrected chi connectivity index (χ4v) is 3.67. The van der Waals surface area contributed by atoms with Gasteiger partial charge in [0.15, 0.2) is 0 Å². The first-order valence-electron chi connectivity index (χ1n) is 8.08. The van der Waals surface area contributed by atoms with Crippen LogP contribution in [0.4, 0.5) is 10.1 Å². The molecule has 0 atom stereocenters. The van der Waals surface area contributed by atoms with E-state index in [1.807, 2.05) is 51.8 Å². The molecule has 1 amide bonds. The summed E-state index contributed by atoms with van der Waals surface area (Å²) in [6.07, 6.45) is 0.865. The van der Waals surface area contributed by atoms with Gasteiger partial charge in [0.05, 0.1) is 17.2 Å². The van der Waals surface area contributed by atoms with Crippen molar-refractivity contribution in [2.24, 2.45) is 0 Å². The molecule has 0 saturated carbocycles. The number of benzene rings is 2. The Labute approximate surface area is 160 Å².